The molecule has 0 saturated heterocycles. The summed E-state index contributed by atoms with van der Waals surface area (Å²) in [6, 6.07) is 0. The van der Waals surface area contributed by atoms with Crippen LogP contribution in [0.25, 0.3) is 0 Å². The molecular weight excluding hydrogens is 213 g/mol. The van der Waals surface area contributed by atoms with Gasteiger partial charge in [0.05, 0.1) is 24.6 Å². The minimum atomic E-state index is -0.527. The molecule has 0 heterocycles. The minimum Gasteiger partial charge on any atom is -0.344 e. The Morgan fingerprint density at radius 2 is 0.938 bits per heavy atom. The Bertz CT molecular complexity index is 115. The number of rotatable bonds is 10. The molecule has 0 spiro atoms. The van der Waals surface area contributed by atoms with E-state index in [-0.39, 0.29) is 6.15 Å². The molecule has 0 rings (SSSR count). The topological polar surface area (TPSA) is 35.0 Å². The maximum Gasteiger partial charge on any atom is 0.0594 e. The highest BCUT2D eigenvalue weighted by atomic mass is 31.2. The van der Waals surface area contributed by atoms with Gasteiger partial charge in [-0.3, -0.25) is 0 Å². The number of unbranched alkanes of at least 4 members (excludes halogenated alkanes) is 3. The summed E-state index contributed by atoms with van der Waals surface area (Å²) in [5.74, 6) is 0. The van der Waals surface area contributed by atoms with Crippen LogP contribution in [0.1, 0.15) is 66.2 Å². The molecule has 0 bridgehead atoms. The molecule has 1 nitrogen and oxygen atoms in total. The molecule has 0 aromatic heterocycles. The molecule has 100 valence electrons. The van der Waals surface area contributed by atoms with E-state index in [9.17, 15) is 0 Å². The Balaban J connectivity index is 0. The minimum absolute atomic E-state index is 0. The van der Waals surface area contributed by atoms with E-state index in [1.807, 2.05) is 0 Å². The van der Waals surface area contributed by atoms with Crippen LogP contribution in [0.15, 0.2) is 0 Å². The normalized spacial score (nSPS) is 11.2. The van der Waals surface area contributed by atoms with Gasteiger partial charge >= 0.3 is 0 Å². The van der Waals surface area contributed by atoms with E-state index in [0.29, 0.717) is 0 Å². The Morgan fingerprint density at radius 1 is 0.625 bits per heavy atom. The summed E-state index contributed by atoms with van der Waals surface area (Å²) in [6.45, 7) is 9.46. The van der Waals surface area contributed by atoms with Gasteiger partial charge in [-0.25, -0.2) is 0 Å². The van der Waals surface area contributed by atoms with Crippen molar-refractivity contribution in [2.45, 2.75) is 66.2 Å². The lowest BCUT2D eigenvalue weighted by Crippen LogP contribution is -2.11. The van der Waals surface area contributed by atoms with Gasteiger partial charge in [-0.15, -0.1) is 0 Å². The second kappa shape index (κ2) is 11.9. The fraction of sp³-hybridized carbons (Fsp3) is 1.00. The van der Waals surface area contributed by atoms with Crippen LogP contribution in [0.5, 0.6) is 0 Å². The van der Waals surface area contributed by atoms with Gasteiger partial charge in [0.1, 0.15) is 0 Å². The van der Waals surface area contributed by atoms with E-state index in [0.717, 1.165) is 0 Å². The third-order valence-electron chi connectivity index (χ3n) is 3.63. The van der Waals surface area contributed by atoms with Gasteiger partial charge in [-0.1, -0.05) is 40.0 Å². The zero-order valence-corrected chi connectivity index (χ0v) is 13.1. The Morgan fingerprint density at radius 3 is 1.12 bits per heavy atom. The standard InChI is InChI=1S/C14H32P.H3N/c1-5-9-12-15(8-4,13-10-6-2)14-11-7-3;/h5-14H2,1-4H3;1H3/q+1;. The number of hydrogen-bond acceptors (Lipinski definition) is 1. The summed E-state index contributed by atoms with van der Waals surface area (Å²) in [5, 5.41) is 0. The van der Waals surface area contributed by atoms with E-state index in [1.165, 1.54) is 44.7 Å². The predicted molar refractivity (Wildman–Crippen MR) is 81.8 cm³/mol. The lowest BCUT2D eigenvalue weighted by atomic mass is 10.4. The highest BCUT2D eigenvalue weighted by Crippen LogP contribution is 2.60. The van der Waals surface area contributed by atoms with Crippen molar-refractivity contribution in [3.63, 3.8) is 0 Å². The van der Waals surface area contributed by atoms with Gasteiger partial charge in [0, 0.05) is 7.26 Å². The second-order valence-electron chi connectivity index (χ2n) is 4.89. The fourth-order valence-electron chi connectivity index (χ4n) is 2.29. The van der Waals surface area contributed by atoms with Crippen LogP contribution in [0.2, 0.25) is 0 Å². The Labute approximate surface area is 105 Å². The van der Waals surface area contributed by atoms with Gasteiger partial charge in [0.2, 0.25) is 0 Å². The molecule has 16 heavy (non-hydrogen) atoms. The average Bonchev–Trinajstić information content (AvgIpc) is 2.29. The van der Waals surface area contributed by atoms with Gasteiger partial charge in [0.25, 0.3) is 0 Å². The largest absolute Gasteiger partial charge is 0.344 e. The van der Waals surface area contributed by atoms with Crippen molar-refractivity contribution >= 4 is 7.26 Å². The van der Waals surface area contributed by atoms with Crippen LogP contribution in [0, 0.1) is 0 Å². The first kappa shape index (κ1) is 18.7. The molecular formula is C14H35NP+. The van der Waals surface area contributed by atoms with E-state index in [1.54, 1.807) is 18.5 Å². The van der Waals surface area contributed by atoms with Crippen molar-refractivity contribution in [2.75, 3.05) is 24.6 Å². The van der Waals surface area contributed by atoms with Crippen LogP contribution in [-0.2, 0) is 0 Å². The Hall–Kier alpha value is 0.390. The highest BCUT2D eigenvalue weighted by Gasteiger charge is 2.32. The first-order valence-electron chi connectivity index (χ1n) is 7.09. The molecule has 0 atom stereocenters. The first-order valence-corrected chi connectivity index (χ1v) is 9.62. The zero-order valence-electron chi connectivity index (χ0n) is 12.2. The average molecular weight is 248 g/mol. The molecule has 0 aromatic carbocycles. The van der Waals surface area contributed by atoms with Crippen LogP contribution in [0.3, 0.4) is 0 Å². The smallest absolute Gasteiger partial charge is 0.0594 e. The quantitative estimate of drug-likeness (QED) is 0.503. The summed E-state index contributed by atoms with van der Waals surface area (Å²) in [7, 11) is -0.527. The van der Waals surface area contributed by atoms with E-state index < -0.39 is 7.26 Å². The lowest BCUT2D eigenvalue weighted by Gasteiger charge is -2.26. The fourth-order valence-corrected chi connectivity index (χ4v) is 6.87. The van der Waals surface area contributed by atoms with Crippen molar-refractivity contribution in [3.05, 3.63) is 0 Å². The second-order valence-corrected chi connectivity index (χ2v) is 9.55. The summed E-state index contributed by atoms with van der Waals surface area (Å²) in [5.41, 5.74) is 0. The van der Waals surface area contributed by atoms with Crippen LogP contribution in [-0.4, -0.2) is 24.6 Å². The molecule has 0 amide bonds. The molecule has 0 fully saturated rings. The maximum absolute atomic E-state index is 2.45. The monoisotopic (exact) mass is 248 g/mol. The summed E-state index contributed by atoms with van der Waals surface area (Å²) in [4.78, 5) is 0. The van der Waals surface area contributed by atoms with Crippen molar-refractivity contribution in [3.8, 4) is 0 Å². The van der Waals surface area contributed by atoms with E-state index in [4.69, 9.17) is 0 Å². The summed E-state index contributed by atoms with van der Waals surface area (Å²) >= 11 is 0. The number of hydrogen-bond donors (Lipinski definition) is 1. The van der Waals surface area contributed by atoms with Crippen LogP contribution in [0.4, 0.5) is 0 Å². The Kier molecular flexibility index (Phi) is 13.9. The molecule has 0 saturated carbocycles. The van der Waals surface area contributed by atoms with Crippen molar-refractivity contribution in [2.24, 2.45) is 0 Å². The van der Waals surface area contributed by atoms with Crippen LogP contribution >= 0.6 is 7.26 Å². The lowest BCUT2D eigenvalue weighted by molar-refractivity contribution is 0.834. The summed E-state index contributed by atoms with van der Waals surface area (Å²) < 4.78 is 0. The zero-order chi connectivity index (χ0) is 11.6. The van der Waals surface area contributed by atoms with Crippen LogP contribution < -0.4 is 6.15 Å². The van der Waals surface area contributed by atoms with Crippen molar-refractivity contribution in [1.82, 2.24) is 6.15 Å². The predicted octanol–water partition coefficient (Wildman–Crippen LogP) is 5.59. The molecule has 0 aliphatic carbocycles. The maximum atomic E-state index is 2.45. The van der Waals surface area contributed by atoms with Gasteiger partial charge in [-0.2, -0.15) is 0 Å². The van der Waals surface area contributed by atoms with Crippen molar-refractivity contribution in [1.29, 1.82) is 0 Å². The molecule has 3 N–H and O–H groups in total. The first-order chi connectivity index (χ1) is 7.24. The SMILES string of the molecule is CCCC[P+](CC)(CCCC)CCCC.N. The molecule has 0 radical (unpaired) electrons. The van der Waals surface area contributed by atoms with Gasteiger partial charge in [0.15, 0.2) is 0 Å². The van der Waals surface area contributed by atoms with Gasteiger partial charge < -0.3 is 6.15 Å². The van der Waals surface area contributed by atoms with Gasteiger partial charge in [-0.05, 0) is 26.2 Å². The molecule has 2 heteroatoms. The van der Waals surface area contributed by atoms with E-state index >= 15 is 0 Å². The third-order valence-corrected chi connectivity index (χ3v) is 8.77. The summed E-state index contributed by atoms with van der Waals surface area (Å²) in [6.07, 6.45) is 14.9. The van der Waals surface area contributed by atoms with Crippen molar-refractivity contribution < 1.29 is 0 Å². The third kappa shape index (κ3) is 7.63. The van der Waals surface area contributed by atoms with E-state index in [2.05, 4.69) is 27.7 Å². The highest BCUT2D eigenvalue weighted by molar-refractivity contribution is 7.75. The molecule has 0 unspecified atom stereocenters. The molecule has 0 aromatic rings. The molecule has 0 aliphatic rings. The molecule has 0 aliphatic heterocycles.